The molecule has 0 aliphatic carbocycles. The highest BCUT2D eigenvalue weighted by atomic mass is 16.6. The number of fused-ring (bicyclic) bond motifs is 1. The van der Waals surface area contributed by atoms with E-state index in [2.05, 4.69) is 14.7 Å². The van der Waals surface area contributed by atoms with Crippen LogP contribution in [-0.4, -0.2) is 42.2 Å². The number of aromatic nitrogens is 2. The molecule has 0 saturated carbocycles. The maximum absolute atomic E-state index is 11.8. The number of nitrogens with one attached hydrogen (secondary N) is 1. The zero-order chi connectivity index (χ0) is 31.5. The molecule has 12 heteroatoms. The Kier molecular flexibility index (Phi) is 10.5. The molecule has 0 fully saturated rings. The van der Waals surface area contributed by atoms with Gasteiger partial charge in [0.2, 0.25) is 0 Å². The van der Waals surface area contributed by atoms with Crippen molar-refractivity contribution >= 4 is 22.6 Å². The topological polar surface area (TPSA) is 152 Å². The second kappa shape index (κ2) is 14.8. The van der Waals surface area contributed by atoms with E-state index in [1.165, 1.54) is 19.5 Å². The standard InChI is InChI=1S/C16H14N2O3.C16H15NO6/c1-20-14-8-13-12(16(19)18-10-17-13)7-15(14)21-9-11-5-3-2-4-6-11;1-21-14-9-13(17(19)20)12(16(18)22-2)8-15(14)23-10-11-6-4-3-5-7-11/h2-8,10H,9H2,1H3,(H,17,18,19);3-9H,10H2,1-2H3. The zero-order valence-electron chi connectivity index (χ0n) is 24.1. The van der Waals surface area contributed by atoms with Crippen LogP contribution >= 0.6 is 0 Å². The largest absolute Gasteiger partial charge is 0.493 e. The van der Waals surface area contributed by atoms with Crippen molar-refractivity contribution in [2.24, 2.45) is 0 Å². The van der Waals surface area contributed by atoms with Gasteiger partial charge in [0.25, 0.3) is 11.2 Å². The summed E-state index contributed by atoms with van der Waals surface area (Å²) < 4.78 is 26.4. The molecule has 226 valence electrons. The molecule has 0 spiro atoms. The Hall–Kier alpha value is -5.91. The van der Waals surface area contributed by atoms with Crippen LogP contribution in [0.25, 0.3) is 10.9 Å². The molecule has 44 heavy (non-hydrogen) atoms. The maximum atomic E-state index is 11.8. The van der Waals surface area contributed by atoms with Crippen LogP contribution < -0.4 is 24.5 Å². The van der Waals surface area contributed by atoms with Gasteiger partial charge in [-0.05, 0) is 17.2 Å². The molecule has 0 unspecified atom stereocenters. The van der Waals surface area contributed by atoms with Crippen LogP contribution in [0.3, 0.4) is 0 Å². The third kappa shape index (κ3) is 7.68. The van der Waals surface area contributed by atoms with E-state index in [4.69, 9.17) is 18.9 Å². The number of carbonyl (C=O) groups excluding carboxylic acids is 1. The Morgan fingerprint density at radius 3 is 1.86 bits per heavy atom. The number of hydrogen-bond acceptors (Lipinski definition) is 10. The predicted molar refractivity (Wildman–Crippen MR) is 161 cm³/mol. The third-order valence-electron chi connectivity index (χ3n) is 6.28. The van der Waals surface area contributed by atoms with Crippen molar-refractivity contribution < 1.29 is 33.4 Å². The molecule has 0 bridgehead atoms. The lowest BCUT2D eigenvalue weighted by molar-refractivity contribution is -0.385. The first-order valence-corrected chi connectivity index (χ1v) is 13.2. The highest BCUT2D eigenvalue weighted by Crippen LogP contribution is 2.35. The lowest BCUT2D eigenvalue weighted by atomic mass is 10.1. The van der Waals surface area contributed by atoms with Crippen molar-refractivity contribution in [1.82, 2.24) is 9.97 Å². The van der Waals surface area contributed by atoms with Crippen molar-refractivity contribution in [3.63, 3.8) is 0 Å². The smallest absolute Gasteiger partial charge is 0.345 e. The molecule has 5 aromatic rings. The van der Waals surface area contributed by atoms with Gasteiger partial charge in [0.05, 0.1) is 49.5 Å². The first-order valence-electron chi connectivity index (χ1n) is 13.2. The van der Waals surface area contributed by atoms with E-state index < -0.39 is 16.6 Å². The Labute approximate surface area is 251 Å². The van der Waals surface area contributed by atoms with E-state index in [0.717, 1.165) is 24.3 Å². The van der Waals surface area contributed by atoms with Gasteiger partial charge >= 0.3 is 5.97 Å². The van der Waals surface area contributed by atoms with Crippen molar-refractivity contribution in [2.75, 3.05) is 21.3 Å². The molecule has 0 saturated heterocycles. The molecular weight excluding hydrogens is 570 g/mol. The van der Waals surface area contributed by atoms with E-state index >= 15 is 0 Å². The van der Waals surface area contributed by atoms with Gasteiger partial charge in [-0.1, -0.05) is 60.7 Å². The van der Waals surface area contributed by atoms with Gasteiger partial charge in [0.15, 0.2) is 23.0 Å². The molecule has 5 rings (SSSR count). The van der Waals surface area contributed by atoms with E-state index in [1.807, 2.05) is 60.7 Å². The average Bonchev–Trinajstić information content (AvgIpc) is 3.06. The van der Waals surface area contributed by atoms with Gasteiger partial charge in [-0.15, -0.1) is 0 Å². The Balaban J connectivity index is 0.000000201. The minimum absolute atomic E-state index is 0.167. The van der Waals surface area contributed by atoms with Gasteiger partial charge in [-0.3, -0.25) is 14.9 Å². The van der Waals surface area contributed by atoms with Crippen molar-refractivity contribution in [1.29, 1.82) is 0 Å². The summed E-state index contributed by atoms with van der Waals surface area (Å²) in [6.45, 7) is 0.635. The number of H-pyrrole nitrogens is 1. The van der Waals surface area contributed by atoms with Crippen LogP contribution in [0.1, 0.15) is 21.5 Å². The Morgan fingerprint density at radius 1 is 0.795 bits per heavy atom. The summed E-state index contributed by atoms with van der Waals surface area (Å²) >= 11 is 0. The minimum atomic E-state index is -0.816. The number of nitrogens with zero attached hydrogens (tertiary/aromatic N) is 2. The van der Waals surface area contributed by atoms with Gasteiger partial charge in [0.1, 0.15) is 18.8 Å². The van der Waals surface area contributed by atoms with E-state index in [1.54, 1.807) is 19.2 Å². The third-order valence-corrected chi connectivity index (χ3v) is 6.28. The first kappa shape index (κ1) is 31.0. The van der Waals surface area contributed by atoms with Crippen LogP contribution in [0.5, 0.6) is 23.0 Å². The highest BCUT2D eigenvalue weighted by Gasteiger charge is 2.25. The fourth-order valence-electron chi connectivity index (χ4n) is 4.07. The summed E-state index contributed by atoms with van der Waals surface area (Å²) in [5, 5.41) is 11.6. The number of methoxy groups -OCH3 is 3. The highest BCUT2D eigenvalue weighted by molar-refractivity contribution is 5.95. The summed E-state index contributed by atoms with van der Waals surface area (Å²) in [7, 11) is 4.08. The second-order valence-corrected chi connectivity index (χ2v) is 9.07. The quantitative estimate of drug-likeness (QED) is 0.124. The van der Waals surface area contributed by atoms with Crippen molar-refractivity contribution in [2.45, 2.75) is 13.2 Å². The van der Waals surface area contributed by atoms with Crippen LogP contribution in [-0.2, 0) is 18.0 Å². The maximum Gasteiger partial charge on any atom is 0.345 e. The fraction of sp³-hybridized carbons (Fsp3) is 0.156. The van der Waals surface area contributed by atoms with Crippen LogP contribution in [0.2, 0.25) is 0 Å². The molecule has 4 aromatic carbocycles. The van der Waals surface area contributed by atoms with Crippen molar-refractivity contribution in [3.05, 3.63) is 128 Å². The first-order chi connectivity index (χ1) is 21.3. The summed E-state index contributed by atoms with van der Waals surface area (Å²) in [6.07, 6.45) is 1.37. The fourth-order valence-corrected chi connectivity index (χ4v) is 4.07. The number of nitro groups is 1. The molecule has 0 radical (unpaired) electrons. The number of esters is 1. The number of nitro benzene ring substituents is 1. The molecule has 0 amide bonds. The number of rotatable bonds is 10. The molecule has 0 aliphatic rings. The van der Waals surface area contributed by atoms with E-state index in [9.17, 15) is 19.7 Å². The molecule has 0 aliphatic heterocycles. The summed E-state index contributed by atoms with van der Waals surface area (Å²) in [4.78, 5) is 40.7. The van der Waals surface area contributed by atoms with E-state index in [0.29, 0.717) is 29.0 Å². The summed E-state index contributed by atoms with van der Waals surface area (Å²) in [5.74, 6) is 0.649. The lowest BCUT2D eigenvalue weighted by Gasteiger charge is -2.12. The van der Waals surface area contributed by atoms with Gasteiger partial charge in [-0.2, -0.15) is 0 Å². The summed E-state index contributed by atoms with van der Waals surface area (Å²) in [6, 6.07) is 24.9. The second-order valence-electron chi connectivity index (χ2n) is 9.07. The molecule has 1 heterocycles. The minimum Gasteiger partial charge on any atom is -0.493 e. The summed E-state index contributed by atoms with van der Waals surface area (Å²) in [5.41, 5.74) is 1.73. The molecule has 1 N–H and O–H groups in total. The normalized spacial score (nSPS) is 10.2. The van der Waals surface area contributed by atoms with Gasteiger partial charge < -0.3 is 28.7 Å². The van der Waals surface area contributed by atoms with Crippen LogP contribution in [0.4, 0.5) is 5.69 Å². The Bertz CT molecular complexity index is 1790. The zero-order valence-corrected chi connectivity index (χ0v) is 24.1. The van der Waals surface area contributed by atoms with Crippen LogP contribution in [0.15, 0.2) is 96.1 Å². The monoisotopic (exact) mass is 599 g/mol. The molecular formula is C32H29N3O9. The molecule has 0 atom stereocenters. The number of hydrogen-bond donors (Lipinski definition) is 1. The van der Waals surface area contributed by atoms with Crippen molar-refractivity contribution in [3.8, 4) is 23.0 Å². The number of ether oxygens (including phenoxy) is 5. The van der Waals surface area contributed by atoms with E-state index in [-0.39, 0.29) is 29.2 Å². The van der Waals surface area contributed by atoms with Gasteiger partial charge in [-0.25, -0.2) is 9.78 Å². The lowest BCUT2D eigenvalue weighted by Crippen LogP contribution is -2.07. The van der Waals surface area contributed by atoms with Crippen LogP contribution in [0, 0.1) is 10.1 Å². The number of aromatic amines is 1. The predicted octanol–water partition coefficient (Wildman–Crippen LogP) is 5.48. The van der Waals surface area contributed by atoms with Gasteiger partial charge in [0, 0.05) is 12.1 Å². The number of carbonyl (C=O) groups is 1. The molecule has 12 nitrogen and oxygen atoms in total. The SMILES string of the molecule is COC(=O)c1cc(OCc2ccccc2)c(OC)cc1[N+](=O)[O-].COc1cc2nc[nH]c(=O)c2cc1OCc1ccccc1. The average molecular weight is 600 g/mol. The Morgan fingerprint density at radius 2 is 1.34 bits per heavy atom. The number of benzene rings is 4. The molecule has 1 aromatic heterocycles.